The number of halogens is 3. The summed E-state index contributed by atoms with van der Waals surface area (Å²) >= 11 is 0. The molecule has 1 fully saturated rings. The summed E-state index contributed by atoms with van der Waals surface area (Å²) in [6, 6.07) is 5.41. The third-order valence-corrected chi connectivity index (χ3v) is 4.84. The first-order valence-corrected chi connectivity index (χ1v) is 9.21. The molecule has 1 aromatic carbocycles. The minimum atomic E-state index is -4.50. The number of carbonyl (C=O) groups is 3. The Morgan fingerprint density at radius 2 is 1.90 bits per heavy atom. The van der Waals surface area contributed by atoms with Crippen molar-refractivity contribution < 1.29 is 27.6 Å². The van der Waals surface area contributed by atoms with Gasteiger partial charge >= 0.3 is 18.0 Å². The summed E-state index contributed by atoms with van der Waals surface area (Å²) < 4.78 is 39.2. The van der Waals surface area contributed by atoms with Crippen LogP contribution in [0.2, 0.25) is 0 Å². The highest BCUT2D eigenvalue weighted by Gasteiger charge is 2.35. The normalized spacial score (nSPS) is 16.8. The van der Waals surface area contributed by atoms with E-state index in [1.807, 2.05) is 0 Å². The van der Waals surface area contributed by atoms with Crippen molar-refractivity contribution in [2.75, 3.05) is 11.9 Å². The molecule has 158 valence electrons. The van der Waals surface area contributed by atoms with Crippen molar-refractivity contribution in [3.63, 3.8) is 0 Å². The van der Waals surface area contributed by atoms with Crippen molar-refractivity contribution in [3.05, 3.63) is 59.4 Å². The summed E-state index contributed by atoms with van der Waals surface area (Å²) in [5, 5.41) is 2.36. The van der Waals surface area contributed by atoms with Gasteiger partial charge in [0.25, 0.3) is 0 Å². The number of nitrogens with two attached hydrogens (primary N) is 1. The summed E-state index contributed by atoms with van der Waals surface area (Å²) in [5.41, 5.74) is 4.85. The lowest BCUT2D eigenvalue weighted by molar-refractivity contribution is -0.145. The fourth-order valence-electron chi connectivity index (χ4n) is 3.40. The maximum atomic E-state index is 13.1. The van der Waals surface area contributed by atoms with Gasteiger partial charge in [0, 0.05) is 12.7 Å². The van der Waals surface area contributed by atoms with Gasteiger partial charge in [-0.15, -0.1) is 0 Å². The zero-order valence-electron chi connectivity index (χ0n) is 15.8. The van der Waals surface area contributed by atoms with Gasteiger partial charge in [0.2, 0.25) is 5.91 Å². The lowest BCUT2D eigenvalue weighted by Gasteiger charge is -2.35. The molecule has 0 bridgehead atoms. The Morgan fingerprint density at radius 3 is 2.60 bits per heavy atom. The Bertz CT molecular complexity index is 978. The predicted molar refractivity (Wildman–Crippen MR) is 101 cm³/mol. The summed E-state index contributed by atoms with van der Waals surface area (Å²) in [7, 11) is 0. The van der Waals surface area contributed by atoms with Crippen LogP contribution >= 0.6 is 0 Å². The van der Waals surface area contributed by atoms with E-state index in [1.54, 1.807) is 0 Å². The molecule has 0 unspecified atom stereocenters. The number of aromatic nitrogens is 1. The van der Waals surface area contributed by atoms with Crippen LogP contribution in [0.25, 0.3) is 0 Å². The molecule has 0 radical (unpaired) electrons. The summed E-state index contributed by atoms with van der Waals surface area (Å²) in [6.07, 6.45) is -0.245. The van der Waals surface area contributed by atoms with Gasteiger partial charge in [0.15, 0.2) is 0 Å². The van der Waals surface area contributed by atoms with E-state index in [1.165, 1.54) is 35.5 Å². The number of pyridine rings is 1. The van der Waals surface area contributed by atoms with Crippen LogP contribution in [0.1, 0.15) is 46.8 Å². The molecule has 1 saturated heterocycles. The topological polar surface area (TPSA) is 105 Å². The van der Waals surface area contributed by atoms with Crippen LogP contribution in [-0.2, 0) is 15.8 Å². The molecule has 7 nitrogen and oxygen atoms in total. The van der Waals surface area contributed by atoms with Gasteiger partial charge in [-0.1, -0.05) is 12.1 Å². The van der Waals surface area contributed by atoms with Crippen LogP contribution in [0, 0.1) is 0 Å². The van der Waals surface area contributed by atoms with Gasteiger partial charge in [0.05, 0.1) is 29.1 Å². The van der Waals surface area contributed by atoms with Crippen LogP contribution in [0.3, 0.4) is 0 Å². The molecule has 2 heterocycles. The number of carbonyl (C=O) groups excluding carboxylic acids is 3. The Balaban J connectivity index is 1.80. The van der Waals surface area contributed by atoms with Crippen LogP contribution in [0.5, 0.6) is 0 Å². The van der Waals surface area contributed by atoms with E-state index in [9.17, 15) is 27.6 Å². The van der Waals surface area contributed by atoms with Crippen molar-refractivity contribution >= 4 is 23.4 Å². The number of benzene rings is 1. The molecule has 1 aromatic heterocycles. The Morgan fingerprint density at radius 1 is 1.13 bits per heavy atom. The number of hydrogen-bond acceptors (Lipinski definition) is 4. The van der Waals surface area contributed by atoms with Gasteiger partial charge < -0.3 is 16.0 Å². The van der Waals surface area contributed by atoms with Crippen molar-refractivity contribution in [1.82, 2.24) is 9.88 Å². The number of rotatable bonds is 3. The maximum absolute atomic E-state index is 13.1. The van der Waals surface area contributed by atoms with E-state index in [0.29, 0.717) is 18.4 Å². The molecular weight excluding hydrogens is 401 g/mol. The SMILES string of the molecule is NC(=O)c1cncc(NC(=O)C(=O)N2CCCC[C@H]2c2cccc(C(F)(F)F)c2)c1. The lowest BCUT2D eigenvalue weighted by atomic mass is 9.94. The number of nitrogens with zero attached hydrogens (tertiary/aromatic N) is 2. The van der Waals surface area contributed by atoms with Crippen molar-refractivity contribution in [1.29, 1.82) is 0 Å². The van der Waals surface area contributed by atoms with Gasteiger partial charge in [0.1, 0.15) is 0 Å². The first-order valence-electron chi connectivity index (χ1n) is 9.21. The summed E-state index contributed by atoms with van der Waals surface area (Å²) in [4.78, 5) is 41.5. The van der Waals surface area contributed by atoms with Gasteiger partial charge in [-0.25, -0.2) is 0 Å². The molecule has 2 aromatic rings. The molecule has 0 aliphatic carbocycles. The van der Waals surface area contributed by atoms with E-state index in [4.69, 9.17) is 5.73 Å². The fourth-order valence-corrected chi connectivity index (χ4v) is 3.40. The second kappa shape index (κ2) is 8.52. The molecule has 0 spiro atoms. The fraction of sp³-hybridized carbons (Fsp3) is 0.300. The number of alkyl halides is 3. The molecule has 1 atom stereocenters. The van der Waals surface area contributed by atoms with Crippen molar-refractivity contribution in [3.8, 4) is 0 Å². The average molecular weight is 420 g/mol. The average Bonchev–Trinajstić information content (AvgIpc) is 2.73. The highest BCUT2D eigenvalue weighted by Crippen LogP contribution is 2.35. The zero-order valence-corrected chi connectivity index (χ0v) is 15.8. The van der Waals surface area contributed by atoms with E-state index < -0.39 is 35.5 Å². The number of anilines is 1. The molecule has 3 rings (SSSR count). The first kappa shape index (κ1) is 21.3. The second-order valence-electron chi connectivity index (χ2n) is 6.91. The van der Waals surface area contributed by atoms with Crippen LogP contribution in [0.4, 0.5) is 18.9 Å². The van der Waals surface area contributed by atoms with Gasteiger partial charge in [-0.05, 0) is 43.0 Å². The Kier molecular flexibility index (Phi) is 6.04. The molecule has 3 N–H and O–H groups in total. The quantitative estimate of drug-likeness (QED) is 0.745. The number of primary amides is 1. The zero-order chi connectivity index (χ0) is 21.9. The molecular formula is C20H19F3N4O3. The number of piperidine rings is 1. The maximum Gasteiger partial charge on any atom is 0.416 e. The van der Waals surface area contributed by atoms with E-state index >= 15 is 0 Å². The molecule has 1 aliphatic rings. The third-order valence-electron chi connectivity index (χ3n) is 4.84. The van der Waals surface area contributed by atoms with E-state index in [-0.39, 0.29) is 17.8 Å². The largest absolute Gasteiger partial charge is 0.416 e. The van der Waals surface area contributed by atoms with Gasteiger partial charge in [-0.3, -0.25) is 19.4 Å². The Labute approximate surface area is 170 Å². The summed E-state index contributed by atoms with van der Waals surface area (Å²) in [5.74, 6) is -2.59. The molecule has 0 saturated carbocycles. The predicted octanol–water partition coefficient (Wildman–Crippen LogP) is 2.89. The number of likely N-dealkylation sites (tertiary alicyclic amines) is 1. The lowest BCUT2D eigenvalue weighted by Crippen LogP contribution is -2.44. The van der Waals surface area contributed by atoms with E-state index in [2.05, 4.69) is 10.3 Å². The molecule has 1 aliphatic heterocycles. The van der Waals surface area contributed by atoms with Crippen LogP contribution < -0.4 is 11.1 Å². The van der Waals surface area contributed by atoms with E-state index in [0.717, 1.165) is 18.6 Å². The highest BCUT2D eigenvalue weighted by atomic mass is 19.4. The molecule has 10 heteroatoms. The van der Waals surface area contributed by atoms with Crippen molar-refractivity contribution in [2.45, 2.75) is 31.5 Å². The third kappa shape index (κ3) is 4.76. The number of amides is 3. The van der Waals surface area contributed by atoms with Crippen molar-refractivity contribution in [2.24, 2.45) is 5.73 Å². The number of hydrogen-bond donors (Lipinski definition) is 2. The number of nitrogens with one attached hydrogen (secondary N) is 1. The standard InChI is InChI=1S/C20H19F3N4O3/c21-20(22,23)14-5-3-4-12(8-14)16-6-1-2-7-27(16)19(30)18(29)26-15-9-13(17(24)28)10-25-11-15/h3-5,8-11,16H,1-2,6-7H2,(H2,24,28)(H,26,29)/t16-/m0/s1. The van der Waals surface area contributed by atoms with Crippen LogP contribution in [0.15, 0.2) is 42.7 Å². The van der Waals surface area contributed by atoms with Crippen LogP contribution in [-0.4, -0.2) is 34.2 Å². The molecule has 30 heavy (non-hydrogen) atoms. The molecule has 3 amide bonds. The Hall–Kier alpha value is -3.43. The first-order chi connectivity index (χ1) is 14.2. The summed E-state index contributed by atoms with van der Waals surface area (Å²) in [6.45, 7) is 0.243. The monoisotopic (exact) mass is 420 g/mol. The minimum Gasteiger partial charge on any atom is -0.366 e. The van der Waals surface area contributed by atoms with Gasteiger partial charge in [-0.2, -0.15) is 13.2 Å². The highest BCUT2D eigenvalue weighted by molar-refractivity contribution is 6.39. The second-order valence-corrected chi connectivity index (χ2v) is 6.91. The minimum absolute atomic E-state index is 0.0556. The smallest absolute Gasteiger partial charge is 0.366 e.